The molecule has 2 bridgehead atoms. The van der Waals surface area contributed by atoms with Gasteiger partial charge in [0.1, 0.15) is 6.10 Å². The Morgan fingerprint density at radius 1 is 1.25 bits per heavy atom. The van der Waals surface area contributed by atoms with E-state index in [4.69, 9.17) is 10.5 Å². The molecular weight excluding hydrogens is 500 g/mol. The number of nitrogens with two attached hydrogens (primary N) is 1. The van der Waals surface area contributed by atoms with Crippen LogP contribution in [-0.4, -0.2) is 64.4 Å². The number of likely N-dealkylation sites (tertiary alicyclic amines) is 1. The zero-order chi connectivity index (χ0) is 27.2. The number of hydrogen-bond acceptors (Lipinski definition) is 6. The molecule has 6 aliphatic rings. The highest BCUT2D eigenvalue weighted by molar-refractivity contribution is 5.80. The van der Waals surface area contributed by atoms with Crippen molar-refractivity contribution in [3.63, 3.8) is 0 Å². The number of aliphatic imine (C=N–C) groups is 1. The fraction of sp³-hybridized carbons (Fsp3) is 0.606. The SMILES string of the molecule is CCCCC(N)=NCCc1ccc2c(c1)C1C[C@@]3(O)[C@H]4Cc5ccc(O)c6c5[C@@]3(CCN4CC3CC3)[C@@H](O6)C1N2. The Morgan fingerprint density at radius 2 is 2.12 bits per heavy atom. The van der Waals surface area contributed by atoms with Gasteiger partial charge in [0.15, 0.2) is 11.5 Å². The van der Waals surface area contributed by atoms with Gasteiger partial charge in [-0.15, -0.1) is 0 Å². The van der Waals surface area contributed by atoms with Gasteiger partial charge in [0.2, 0.25) is 0 Å². The van der Waals surface area contributed by atoms with Gasteiger partial charge in [-0.05, 0) is 86.2 Å². The summed E-state index contributed by atoms with van der Waals surface area (Å²) in [5, 5.41) is 27.8. The van der Waals surface area contributed by atoms with Crippen molar-refractivity contribution in [3.8, 4) is 11.5 Å². The van der Waals surface area contributed by atoms with Crippen molar-refractivity contribution in [2.45, 2.75) is 99.8 Å². The summed E-state index contributed by atoms with van der Waals surface area (Å²) in [6.07, 6.45) is 8.73. The lowest BCUT2D eigenvalue weighted by Gasteiger charge is -2.65. The number of phenolic OH excluding ortho intramolecular Hbond substituents is 1. The monoisotopic (exact) mass is 542 g/mol. The molecule has 2 unspecified atom stereocenters. The number of unbranched alkanes of at least 4 members (excludes halogenated alkanes) is 1. The lowest BCUT2D eigenvalue weighted by Crippen LogP contribution is -2.78. The fourth-order valence-corrected chi connectivity index (χ4v) is 9.14. The highest BCUT2D eigenvalue weighted by atomic mass is 16.5. The Morgan fingerprint density at radius 3 is 2.95 bits per heavy atom. The number of fused-ring (bicyclic) bond motifs is 4. The number of benzene rings is 2. The van der Waals surface area contributed by atoms with Crippen LogP contribution in [0.3, 0.4) is 0 Å². The van der Waals surface area contributed by atoms with E-state index in [2.05, 4.69) is 46.4 Å². The van der Waals surface area contributed by atoms with E-state index in [9.17, 15) is 10.2 Å². The minimum absolute atomic E-state index is 0.0571. The second-order valence-corrected chi connectivity index (χ2v) is 13.4. The van der Waals surface area contributed by atoms with Crippen molar-refractivity contribution in [3.05, 3.63) is 52.6 Å². The van der Waals surface area contributed by atoms with E-state index in [1.54, 1.807) is 6.07 Å². The number of piperidine rings is 1. The minimum Gasteiger partial charge on any atom is -0.504 e. The molecule has 3 fully saturated rings. The van der Waals surface area contributed by atoms with Gasteiger partial charge in [0.25, 0.3) is 0 Å². The first-order valence-electron chi connectivity index (χ1n) is 15.6. The number of aromatic hydroxyl groups is 1. The number of phenols is 1. The van der Waals surface area contributed by atoms with Crippen LogP contribution in [0, 0.1) is 5.92 Å². The molecule has 2 aromatic rings. The molecule has 6 atom stereocenters. The van der Waals surface area contributed by atoms with Crippen LogP contribution in [0.5, 0.6) is 11.5 Å². The first-order valence-corrected chi connectivity index (χ1v) is 15.6. The third-order valence-corrected chi connectivity index (χ3v) is 11.2. The van der Waals surface area contributed by atoms with Crippen molar-refractivity contribution in [1.82, 2.24) is 4.90 Å². The predicted molar refractivity (Wildman–Crippen MR) is 156 cm³/mol. The number of hydrogen-bond donors (Lipinski definition) is 4. The Bertz CT molecular complexity index is 1390. The molecule has 7 heteroatoms. The normalized spacial score (nSPS) is 35.0. The lowest BCUT2D eigenvalue weighted by molar-refractivity contribution is -0.191. The molecule has 2 saturated carbocycles. The summed E-state index contributed by atoms with van der Waals surface area (Å²) in [4.78, 5) is 7.22. The number of ether oxygens (including phenoxy) is 1. The summed E-state index contributed by atoms with van der Waals surface area (Å²) in [6.45, 7) is 4.94. The van der Waals surface area contributed by atoms with E-state index in [-0.39, 0.29) is 29.9 Å². The molecule has 1 saturated heterocycles. The highest BCUT2D eigenvalue weighted by Crippen LogP contribution is 2.68. The third kappa shape index (κ3) is 3.40. The summed E-state index contributed by atoms with van der Waals surface area (Å²) in [6, 6.07) is 10.7. The molecule has 2 aromatic carbocycles. The van der Waals surface area contributed by atoms with Crippen molar-refractivity contribution in [1.29, 1.82) is 0 Å². The van der Waals surface area contributed by atoms with Gasteiger partial charge in [-0.3, -0.25) is 9.89 Å². The van der Waals surface area contributed by atoms with Crippen LogP contribution in [0.15, 0.2) is 35.3 Å². The number of nitrogens with one attached hydrogen (secondary N) is 1. The Labute approximate surface area is 236 Å². The second kappa shape index (κ2) is 8.86. The van der Waals surface area contributed by atoms with E-state index in [0.717, 1.165) is 74.6 Å². The number of aliphatic hydroxyl groups is 1. The molecule has 0 aromatic heterocycles. The zero-order valence-corrected chi connectivity index (χ0v) is 23.5. The molecule has 0 amide bonds. The van der Waals surface area contributed by atoms with Gasteiger partial charge in [-0.2, -0.15) is 0 Å². The number of amidine groups is 1. The van der Waals surface area contributed by atoms with Crippen LogP contribution in [0.1, 0.15) is 80.0 Å². The molecule has 8 rings (SSSR count). The highest BCUT2D eigenvalue weighted by Gasteiger charge is 2.75. The molecule has 3 aliphatic heterocycles. The number of anilines is 1. The first kappa shape index (κ1) is 25.0. The van der Waals surface area contributed by atoms with Crippen molar-refractivity contribution in [2.75, 3.05) is 25.0 Å². The van der Waals surface area contributed by atoms with Gasteiger partial charge in [-0.1, -0.05) is 31.5 Å². The molecule has 5 N–H and O–H groups in total. The van der Waals surface area contributed by atoms with E-state index in [0.29, 0.717) is 18.7 Å². The molecular formula is C33H42N4O3. The van der Waals surface area contributed by atoms with E-state index in [1.165, 1.54) is 29.5 Å². The molecule has 0 radical (unpaired) electrons. The molecule has 7 nitrogen and oxygen atoms in total. The summed E-state index contributed by atoms with van der Waals surface area (Å²) < 4.78 is 6.78. The van der Waals surface area contributed by atoms with Crippen LogP contribution in [0.25, 0.3) is 0 Å². The first-order chi connectivity index (χ1) is 19.4. The van der Waals surface area contributed by atoms with Gasteiger partial charge in [-0.25, -0.2) is 0 Å². The lowest BCUT2D eigenvalue weighted by atomic mass is 9.46. The van der Waals surface area contributed by atoms with Crippen molar-refractivity contribution >= 4 is 11.5 Å². The largest absolute Gasteiger partial charge is 0.504 e. The van der Waals surface area contributed by atoms with E-state index in [1.807, 2.05) is 0 Å². The summed E-state index contributed by atoms with van der Waals surface area (Å²) >= 11 is 0. The Balaban J connectivity index is 1.15. The van der Waals surface area contributed by atoms with Crippen molar-refractivity contribution < 1.29 is 14.9 Å². The second-order valence-electron chi connectivity index (χ2n) is 13.4. The maximum absolute atomic E-state index is 13.1. The Kier molecular flexibility index (Phi) is 5.53. The maximum Gasteiger partial charge on any atom is 0.165 e. The van der Waals surface area contributed by atoms with E-state index < -0.39 is 11.0 Å². The smallest absolute Gasteiger partial charge is 0.165 e. The zero-order valence-electron chi connectivity index (χ0n) is 23.5. The topological polar surface area (TPSA) is 103 Å². The fourth-order valence-electron chi connectivity index (χ4n) is 9.14. The number of nitrogens with zero attached hydrogens (tertiary/aromatic N) is 2. The van der Waals surface area contributed by atoms with Crippen LogP contribution < -0.4 is 15.8 Å². The third-order valence-electron chi connectivity index (χ3n) is 11.2. The average Bonchev–Trinajstić information content (AvgIpc) is 3.59. The molecule has 40 heavy (non-hydrogen) atoms. The predicted octanol–water partition coefficient (Wildman–Crippen LogP) is 4.23. The van der Waals surface area contributed by atoms with Crippen LogP contribution in [0.2, 0.25) is 0 Å². The number of rotatable bonds is 8. The van der Waals surface area contributed by atoms with Crippen LogP contribution in [0.4, 0.5) is 5.69 Å². The van der Waals surface area contributed by atoms with Crippen molar-refractivity contribution in [2.24, 2.45) is 16.6 Å². The molecule has 1 spiro atoms. The quantitative estimate of drug-likeness (QED) is 0.294. The summed E-state index contributed by atoms with van der Waals surface area (Å²) in [7, 11) is 0. The summed E-state index contributed by atoms with van der Waals surface area (Å²) in [5.41, 5.74) is 10.8. The molecule has 3 aliphatic carbocycles. The van der Waals surface area contributed by atoms with Gasteiger partial charge >= 0.3 is 0 Å². The average molecular weight is 543 g/mol. The van der Waals surface area contributed by atoms with E-state index >= 15 is 0 Å². The standard InChI is InChI=1S/C33H42N4O3/c1-2-3-4-27(34)35-13-11-19-7-9-24-22(15-19)23-17-33(39)26-16-21-8-10-25(38)30-28(21)32(33,31(40-30)29(23)36-24)12-14-37(26)18-20-5-6-20/h7-10,15,20,23,26,29,31,36,38-39H,2-6,11-14,16-18H2,1H3,(H2,34,35)/t23?,26-,29?,31+,32+,33-/m1/s1. The molecule has 212 valence electrons. The maximum atomic E-state index is 13.1. The van der Waals surface area contributed by atoms with Gasteiger partial charge < -0.3 is 26.0 Å². The minimum atomic E-state index is -0.907. The van der Waals surface area contributed by atoms with Gasteiger partial charge in [0.05, 0.1) is 22.9 Å². The summed E-state index contributed by atoms with van der Waals surface area (Å²) in [5.74, 6) is 2.50. The van der Waals surface area contributed by atoms with Crippen LogP contribution >= 0.6 is 0 Å². The van der Waals surface area contributed by atoms with Crippen LogP contribution in [-0.2, 0) is 18.3 Å². The van der Waals surface area contributed by atoms with Gasteiger partial charge in [0, 0.05) is 42.7 Å². The Hall–Kier alpha value is -2.77. The molecule has 3 heterocycles.